The molecule has 0 aliphatic carbocycles. The van der Waals surface area contributed by atoms with Crippen LogP contribution >= 0.6 is 0 Å². The van der Waals surface area contributed by atoms with E-state index in [0.717, 1.165) is 53.8 Å². The molecule has 0 fully saturated rings. The third-order valence-corrected chi connectivity index (χ3v) is 6.60. The molecule has 1 aliphatic rings. The molecule has 1 aromatic heterocycles. The fourth-order valence-corrected chi connectivity index (χ4v) is 4.69. The second kappa shape index (κ2) is 10.3. The first-order chi connectivity index (χ1) is 15.5. The Kier molecular flexibility index (Phi) is 7.21. The molecule has 0 saturated carbocycles. The Morgan fingerprint density at radius 3 is 2.44 bits per heavy atom. The molecule has 4 nitrogen and oxygen atoms in total. The maximum absolute atomic E-state index is 12.6. The number of benzene rings is 2. The van der Waals surface area contributed by atoms with Gasteiger partial charge in [0.1, 0.15) is 0 Å². The molecule has 168 valence electrons. The second-order valence-corrected chi connectivity index (χ2v) is 9.26. The molecule has 0 saturated heterocycles. The van der Waals surface area contributed by atoms with Crippen molar-refractivity contribution in [2.75, 3.05) is 18.0 Å². The fourth-order valence-electron chi connectivity index (χ4n) is 4.69. The zero-order chi connectivity index (χ0) is 22.5. The van der Waals surface area contributed by atoms with Crippen molar-refractivity contribution >= 4 is 22.5 Å². The van der Waals surface area contributed by atoms with Gasteiger partial charge in [0, 0.05) is 48.9 Å². The van der Waals surface area contributed by atoms with E-state index < -0.39 is 0 Å². The number of nitrogens with zero attached hydrogens (tertiary/aromatic N) is 3. The number of pyridine rings is 1. The van der Waals surface area contributed by atoms with E-state index in [1.54, 1.807) is 6.92 Å². The summed E-state index contributed by atoms with van der Waals surface area (Å²) in [6.07, 6.45) is 7.95. The predicted molar refractivity (Wildman–Crippen MR) is 134 cm³/mol. The molecule has 4 rings (SSSR count). The molecule has 1 aliphatic heterocycles. The summed E-state index contributed by atoms with van der Waals surface area (Å²) >= 11 is 0. The highest BCUT2D eigenvalue weighted by atomic mass is 16.2. The number of anilines is 1. The smallest absolute Gasteiger partial charge is 0.223 e. The summed E-state index contributed by atoms with van der Waals surface area (Å²) < 4.78 is 0. The van der Waals surface area contributed by atoms with Crippen molar-refractivity contribution < 1.29 is 4.79 Å². The number of aromatic nitrogens is 1. The molecule has 0 spiro atoms. The van der Waals surface area contributed by atoms with E-state index in [4.69, 9.17) is 0 Å². The van der Waals surface area contributed by atoms with Gasteiger partial charge in [-0.15, -0.1) is 0 Å². The van der Waals surface area contributed by atoms with Crippen molar-refractivity contribution in [2.45, 2.75) is 65.5 Å². The van der Waals surface area contributed by atoms with Crippen LogP contribution in [0.15, 0.2) is 54.7 Å². The summed E-state index contributed by atoms with van der Waals surface area (Å²) in [5.74, 6) is 0.125. The molecular formula is C28H35N3O. The number of hydrogen-bond donors (Lipinski definition) is 0. The first-order valence-electron chi connectivity index (χ1n) is 12.0. The quantitative estimate of drug-likeness (QED) is 0.471. The number of rotatable bonds is 2. The largest absolute Gasteiger partial charge is 0.312 e. The van der Waals surface area contributed by atoms with Crippen LogP contribution in [-0.4, -0.2) is 34.9 Å². The Hall–Kier alpha value is -2.72. The van der Waals surface area contributed by atoms with Gasteiger partial charge >= 0.3 is 0 Å². The standard InChI is InChI=1S/C28H35N3O/c1-21(2)30-15-9-5-4-6-10-16-31(22(3)32)28-14-13-23(17-26(28)20-30)25-18-24-11-7-8-12-27(24)29-19-25/h7-8,11-14,17-19,21H,4-6,9-10,15-16,20H2,1-3H3. The molecule has 4 heteroatoms. The molecule has 0 bridgehead atoms. The maximum Gasteiger partial charge on any atom is 0.223 e. The molecule has 1 amide bonds. The van der Waals surface area contributed by atoms with Gasteiger partial charge in [-0.2, -0.15) is 0 Å². The van der Waals surface area contributed by atoms with Gasteiger partial charge in [-0.25, -0.2) is 0 Å². The zero-order valence-corrected chi connectivity index (χ0v) is 19.7. The van der Waals surface area contributed by atoms with Gasteiger partial charge in [0.15, 0.2) is 0 Å². The summed E-state index contributed by atoms with van der Waals surface area (Å²) in [6, 6.07) is 17.5. The highest BCUT2D eigenvalue weighted by molar-refractivity contribution is 5.93. The van der Waals surface area contributed by atoms with Crippen molar-refractivity contribution in [3.05, 3.63) is 60.3 Å². The van der Waals surface area contributed by atoms with Crippen molar-refractivity contribution in [1.82, 2.24) is 9.88 Å². The summed E-state index contributed by atoms with van der Waals surface area (Å²) in [5.41, 5.74) is 5.56. The van der Waals surface area contributed by atoms with Gasteiger partial charge in [-0.3, -0.25) is 14.7 Å². The van der Waals surface area contributed by atoms with Crippen LogP contribution < -0.4 is 4.90 Å². The number of amides is 1. The van der Waals surface area contributed by atoms with Crippen LogP contribution in [0.2, 0.25) is 0 Å². The average Bonchev–Trinajstić information content (AvgIpc) is 2.78. The number of para-hydroxylation sites is 1. The van der Waals surface area contributed by atoms with Crippen LogP contribution in [0.25, 0.3) is 22.0 Å². The Morgan fingerprint density at radius 2 is 1.66 bits per heavy atom. The number of carbonyl (C=O) groups is 1. The molecule has 0 unspecified atom stereocenters. The highest BCUT2D eigenvalue weighted by Crippen LogP contribution is 2.31. The van der Waals surface area contributed by atoms with E-state index in [1.165, 1.54) is 31.2 Å². The van der Waals surface area contributed by atoms with Crippen molar-refractivity contribution in [1.29, 1.82) is 0 Å². The van der Waals surface area contributed by atoms with Crippen molar-refractivity contribution in [3.8, 4) is 11.1 Å². The lowest BCUT2D eigenvalue weighted by molar-refractivity contribution is -0.116. The second-order valence-electron chi connectivity index (χ2n) is 9.26. The van der Waals surface area contributed by atoms with E-state index in [-0.39, 0.29) is 5.91 Å². The summed E-state index contributed by atoms with van der Waals surface area (Å²) in [5, 5.41) is 1.15. The van der Waals surface area contributed by atoms with Gasteiger partial charge in [0.05, 0.1) is 5.52 Å². The van der Waals surface area contributed by atoms with E-state index in [1.807, 2.05) is 23.2 Å². The van der Waals surface area contributed by atoms with Gasteiger partial charge in [-0.1, -0.05) is 43.5 Å². The molecule has 0 N–H and O–H groups in total. The lowest BCUT2D eigenvalue weighted by Gasteiger charge is -2.31. The molecular weight excluding hydrogens is 394 g/mol. The first-order valence-corrected chi connectivity index (χ1v) is 12.0. The molecule has 2 aromatic carbocycles. The SMILES string of the molecule is CC(=O)N1CCCCCCCN(C(C)C)Cc2cc(-c3cnc4ccccc4c3)ccc21. The van der Waals surface area contributed by atoms with E-state index >= 15 is 0 Å². The minimum Gasteiger partial charge on any atom is -0.312 e. The van der Waals surface area contributed by atoms with E-state index in [0.29, 0.717) is 6.04 Å². The molecule has 32 heavy (non-hydrogen) atoms. The van der Waals surface area contributed by atoms with Crippen LogP contribution in [-0.2, 0) is 11.3 Å². The van der Waals surface area contributed by atoms with Gasteiger partial charge < -0.3 is 4.90 Å². The normalized spacial score (nSPS) is 16.4. The van der Waals surface area contributed by atoms with Gasteiger partial charge in [0.2, 0.25) is 5.91 Å². The lowest BCUT2D eigenvalue weighted by Crippen LogP contribution is -2.34. The topological polar surface area (TPSA) is 36.4 Å². The molecule has 2 heterocycles. The average molecular weight is 430 g/mol. The monoisotopic (exact) mass is 429 g/mol. The van der Waals surface area contributed by atoms with Crippen LogP contribution in [0, 0.1) is 0 Å². The van der Waals surface area contributed by atoms with Crippen molar-refractivity contribution in [2.24, 2.45) is 0 Å². The van der Waals surface area contributed by atoms with Gasteiger partial charge in [-0.05, 0) is 68.6 Å². The Labute approximate surface area is 192 Å². The molecule has 0 radical (unpaired) electrons. The number of fused-ring (bicyclic) bond motifs is 2. The van der Waals surface area contributed by atoms with Crippen LogP contribution in [0.1, 0.15) is 58.4 Å². The molecule has 3 aromatic rings. The minimum atomic E-state index is 0.125. The predicted octanol–water partition coefficient (Wildman–Crippen LogP) is 6.43. The van der Waals surface area contributed by atoms with Crippen LogP contribution in [0.5, 0.6) is 0 Å². The third-order valence-electron chi connectivity index (χ3n) is 6.60. The number of carbonyl (C=O) groups excluding carboxylic acids is 1. The minimum absolute atomic E-state index is 0.125. The van der Waals surface area contributed by atoms with Crippen LogP contribution in [0.4, 0.5) is 5.69 Å². The Bertz CT molecular complexity index is 1080. The Morgan fingerprint density at radius 1 is 0.906 bits per heavy atom. The maximum atomic E-state index is 12.6. The molecule has 0 atom stereocenters. The number of hydrogen-bond acceptors (Lipinski definition) is 3. The summed E-state index contributed by atoms with van der Waals surface area (Å²) in [6.45, 7) is 8.97. The van der Waals surface area contributed by atoms with Gasteiger partial charge in [0.25, 0.3) is 0 Å². The van der Waals surface area contributed by atoms with E-state index in [2.05, 4.69) is 60.1 Å². The third kappa shape index (κ3) is 5.18. The Balaban J connectivity index is 1.77. The summed E-state index contributed by atoms with van der Waals surface area (Å²) in [4.78, 5) is 21.8. The van der Waals surface area contributed by atoms with Crippen molar-refractivity contribution in [3.63, 3.8) is 0 Å². The lowest BCUT2D eigenvalue weighted by atomic mass is 9.99. The van der Waals surface area contributed by atoms with E-state index in [9.17, 15) is 4.79 Å². The summed E-state index contributed by atoms with van der Waals surface area (Å²) in [7, 11) is 0. The first kappa shape index (κ1) is 22.5. The zero-order valence-electron chi connectivity index (χ0n) is 19.7. The fraction of sp³-hybridized carbons (Fsp3) is 0.429. The highest BCUT2D eigenvalue weighted by Gasteiger charge is 2.20. The van der Waals surface area contributed by atoms with Crippen LogP contribution in [0.3, 0.4) is 0 Å².